The molecular formula is C14H16ClN3O. The molecule has 2 aromatic rings. The normalized spacial score (nSPS) is 10.3. The molecule has 0 aliphatic carbocycles. The van der Waals surface area contributed by atoms with Gasteiger partial charge in [0, 0.05) is 17.8 Å². The third-order valence-corrected chi connectivity index (χ3v) is 3.15. The van der Waals surface area contributed by atoms with Gasteiger partial charge in [-0.25, -0.2) is 9.97 Å². The molecule has 0 aliphatic heterocycles. The molecule has 0 unspecified atom stereocenters. The molecule has 0 amide bonds. The zero-order chi connectivity index (χ0) is 13.8. The molecule has 2 rings (SSSR count). The fourth-order valence-corrected chi connectivity index (χ4v) is 1.91. The molecule has 100 valence electrons. The highest BCUT2D eigenvalue weighted by Crippen LogP contribution is 2.18. The summed E-state index contributed by atoms with van der Waals surface area (Å²) in [6, 6.07) is 7.89. The van der Waals surface area contributed by atoms with E-state index in [4.69, 9.17) is 16.3 Å². The second kappa shape index (κ2) is 5.89. The molecule has 1 aromatic carbocycles. The molecule has 0 fully saturated rings. The molecule has 1 N–H and O–H groups in total. The Bertz CT molecular complexity index is 570. The first-order valence-electron chi connectivity index (χ1n) is 5.97. The summed E-state index contributed by atoms with van der Waals surface area (Å²) in [6.07, 6.45) is 0. The van der Waals surface area contributed by atoms with Gasteiger partial charge >= 0.3 is 0 Å². The van der Waals surface area contributed by atoms with Gasteiger partial charge in [0.2, 0.25) is 5.28 Å². The molecule has 0 atom stereocenters. The van der Waals surface area contributed by atoms with Gasteiger partial charge in [-0.1, -0.05) is 12.1 Å². The quantitative estimate of drug-likeness (QED) is 0.871. The van der Waals surface area contributed by atoms with Crippen LogP contribution >= 0.6 is 11.6 Å². The summed E-state index contributed by atoms with van der Waals surface area (Å²) < 4.78 is 5.12. The number of anilines is 1. The van der Waals surface area contributed by atoms with Gasteiger partial charge in [0.1, 0.15) is 11.6 Å². The number of hydrogen-bond donors (Lipinski definition) is 1. The van der Waals surface area contributed by atoms with Crippen molar-refractivity contribution < 1.29 is 4.74 Å². The van der Waals surface area contributed by atoms with Crippen LogP contribution in [0, 0.1) is 13.8 Å². The maximum Gasteiger partial charge on any atom is 0.224 e. The number of rotatable bonds is 4. The Balaban J connectivity index is 2.09. The Hall–Kier alpha value is -1.81. The predicted octanol–water partition coefficient (Wildman–Crippen LogP) is 3.37. The summed E-state index contributed by atoms with van der Waals surface area (Å²) in [4.78, 5) is 8.31. The van der Waals surface area contributed by atoms with Crippen molar-refractivity contribution in [2.75, 3.05) is 12.4 Å². The van der Waals surface area contributed by atoms with Crippen molar-refractivity contribution in [2.24, 2.45) is 0 Å². The third kappa shape index (κ3) is 3.35. The number of aryl methyl sites for hydroxylation is 1. The van der Waals surface area contributed by atoms with E-state index in [1.165, 1.54) is 0 Å². The average Bonchev–Trinajstić information content (AvgIpc) is 2.41. The van der Waals surface area contributed by atoms with Crippen LogP contribution in [-0.2, 0) is 6.54 Å². The van der Waals surface area contributed by atoms with Crippen molar-refractivity contribution in [1.82, 2.24) is 9.97 Å². The molecule has 0 saturated heterocycles. The number of aromatic nitrogens is 2. The lowest BCUT2D eigenvalue weighted by atomic mass is 10.2. The van der Waals surface area contributed by atoms with Gasteiger partial charge in [0.05, 0.1) is 7.11 Å². The van der Waals surface area contributed by atoms with Crippen LogP contribution in [0.4, 0.5) is 5.82 Å². The van der Waals surface area contributed by atoms with Crippen LogP contribution in [0.15, 0.2) is 24.3 Å². The molecule has 5 heteroatoms. The van der Waals surface area contributed by atoms with Crippen LogP contribution in [0.25, 0.3) is 0 Å². The number of nitrogens with zero attached hydrogens (tertiary/aromatic N) is 2. The lowest BCUT2D eigenvalue weighted by Crippen LogP contribution is -2.05. The third-order valence-electron chi connectivity index (χ3n) is 2.98. The topological polar surface area (TPSA) is 47.0 Å². The maximum absolute atomic E-state index is 5.86. The standard InChI is InChI=1S/C14H16ClN3O/c1-9-10(2)17-14(15)18-13(9)16-8-11-4-6-12(19-3)7-5-11/h4-7H,8H2,1-3H3,(H,16,17,18). The summed E-state index contributed by atoms with van der Waals surface area (Å²) in [6.45, 7) is 4.57. The monoisotopic (exact) mass is 277 g/mol. The summed E-state index contributed by atoms with van der Waals surface area (Å²) in [5, 5.41) is 3.54. The van der Waals surface area contributed by atoms with E-state index in [0.29, 0.717) is 6.54 Å². The lowest BCUT2D eigenvalue weighted by molar-refractivity contribution is 0.414. The molecule has 0 saturated carbocycles. The van der Waals surface area contributed by atoms with E-state index in [9.17, 15) is 0 Å². The highest BCUT2D eigenvalue weighted by Gasteiger charge is 2.06. The van der Waals surface area contributed by atoms with E-state index in [0.717, 1.165) is 28.4 Å². The van der Waals surface area contributed by atoms with Crippen molar-refractivity contribution in [3.63, 3.8) is 0 Å². The smallest absolute Gasteiger partial charge is 0.224 e. The van der Waals surface area contributed by atoms with Gasteiger partial charge in [0.25, 0.3) is 0 Å². The van der Waals surface area contributed by atoms with Gasteiger partial charge in [-0.3, -0.25) is 0 Å². The molecule has 0 spiro atoms. The first kappa shape index (κ1) is 13.6. The first-order valence-corrected chi connectivity index (χ1v) is 6.35. The van der Waals surface area contributed by atoms with Crippen molar-refractivity contribution in [1.29, 1.82) is 0 Å². The Labute approximate surface area is 117 Å². The molecule has 1 heterocycles. The minimum atomic E-state index is 0.264. The molecule has 4 nitrogen and oxygen atoms in total. The average molecular weight is 278 g/mol. The van der Waals surface area contributed by atoms with Crippen molar-refractivity contribution in [3.05, 3.63) is 46.4 Å². The summed E-state index contributed by atoms with van der Waals surface area (Å²) in [7, 11) is 1.66. The number of nitrogens with one attached hydrogen (secondary N) is 1. The SMILES string of the molecule is COc1ccc(CNc2nc(Cl)nc(C)c2C)cc1. The van der Waals surface area contributed by atoms with Crippen LogP contribution in [0.1, 0.15) is 16.8 Å². The molecule has 19 heavy (non-hydrogen) atoms. The number of halogens is 1. The van der Waals surface area contributed by atoms with Gasteiger partial charge in [-0.2, -0.15) is 0 Å². The number of methoxy groups -OCH3 is 1. The fraction of sp³-hybridized carbons (Fsp3) is 0.286. The predicted molar refractivity (Wildman–Crippen MR) is 76.8 cm³/mol. The van der Waals surface area contributed by atoms with E-state index in [-0.39, 0.29) is 5.28 Å². The zero-order valence-electron chi connectivity index (χ0n) is 11.2. The minimum absolute atomic E-state index is 0.264. The Kier molecular flexibility index (Phi) is 4.22. The fourth-order valence-electron chi connectivity index (χ4n) is 1.70. The molecule has 0 aliphatic rings. The van der Waals surface area contributed by atoms with E-state index >= 15 is 0 Å². The van der Waals surface area contributed by atoms with E-state index < -0.39 is 0 Å². The Morgan fingerprint density at radius 2 is 1.84 bits per heavy atom. The molecular weight excluding hydrogens is 262 g/mol. The molecule has 0 radical (unpaired) electrons. The van der Waals surface area contributed by atoms with Crippen molar-refractivity contribution in [2.45, 2.75) is 20.4 Å². The number of benzene rings is 1. The highest BCUT2D eigenvalue weighted by atomic mass is 35.5. The zero-order valence-corrected chi connectivity index (χ0v) is 12.0. The van der Waals surface area contributed by atoms with E-state index in [1.54, 1.807) is 7.11 Å². The summed E-state index contributed by atoms with van der Waals surface area (Å²) >= 11 is 5.86. The van der Waals surface area contributed by atoms with Gasteiger partial charge in [0.15, 0.2) is 0 Å². The Morgan fingerprint density at radius 3 is 2.47 bits per heavy atom. The molecule has 1 aromatic heterocycles. The number of ether oxygens (including phenoxy) is 1. The second-order valence-electron chi connectivity index (χ2n) is 4.25. The minimum Gasteiger partial charge on any atom is -0.497 e. The van der Waals surface area contributed by atoms with Gasteiger partial charge < -0.3 is 10.1 Å². The number of hydrogen-bond acceptors (Lipinski definition) is 4. The van der Waals surface area contributed by atoms with Crippen molar-refractivity contribution in [3.8, 4) is 5.75 Å². The summed E-state index contributed by atoms with van der Waals surface area (Å²) in [5.41, 5.74) is 3.04. The van der Waals surface area contributed by atoms with E-state index in [2.05, 4.69) is 15.3 Å². The maximum atomic E-state index is 5.86. The lowest BCUT2D eigenvalue weighted by Gasteiger charge is -2.10. The van der Waals surface area contributed by atoms with Gasteiger partial charge in [-0.15, -0.1) is 0 Å². The van der Waals surface area contributed by atoms with Crippen LogP contribution in [-0.4, -0.2) is 17.1 Å². The molecule has 0 bridgehead atoms. The van der Waals surface area contributed by atoms with Crippen molar-refractivity contribution >= 4 is 17.4 Å². The first-order chi connectivity index (χ1) is 9.10. The summed E-state index contributed by atoms with van der Waals surface area (Å²) in [5.74, 6) is 1.62. The Morgan fingerprint density at radius 1 is 1.16 bits per heavy atom. The second-order valence-corrected chi connectivity index (χ2v) is 4.59. The van der Waals surface area contributed by atoms with Crippen LogP contribution in [0.2, 0.25) is 5.28 Å². The largest absolute Gasteiger partial charge is 0.497 e. The van der Waals surface area contributed by atoms with Crippen LogP contribution < -0.4 is 10.1 Å². The van der Waals surface area contributed by atoms with Gasteiger partial charge in [-0.05, 0) is 43.1 Å². The highest BCUT2D eigenvalue weighted by molar-refractivity contribution is 6.28. The van der Waals surface area contributed by atoms with Crippen LogP contribution in [0.3, 0.4) is 0 Å². The van der Waals surface area contributed by atoms with Crippen LogP contribution in [0.5, 0.6) is 5.75 Å². The van der Waals surface area contributed by atoms with E-state index in [1.807, 2.05) is 38.1 Å².